The molecule has 76 valence electrons. The average Bonchev–Trinajstić information content (AvgIpc) is 2.69. The Bertz CT molecular complexity index is 265. The monoisotopic (exact) mass is 193 g/mol. The van der Waals surface area contributed by atoms with E-state index in [1.807, 2.05) is 18.5 Å². The van der Waals surface area contributed by atoms with Gasteiger partial charge in [-0.25, -0.2) is 0 Å². The molecule has 1 saturated heterocycles. The third-order valence-electron chi connectivity index (χ3n) is 2.59. The van der Waals surface area contributed by atoms with Crippen LogP contribution in [0.2, 0.25) is 0 Å². The van der Waals surface area contributed by atoms with Crippen LogP contribution in [0.5, 0.6) is 0 Å². The molecular formula is C10H15N3O. The first-order chi connectivity index (χ1) is 6.88. The summed E-state index contributed by atoms with van der Waals surface area (Å²) >= 11 is 0. The lowest BCUT2D eigenvalue weighted by Gasteiger charge is -2.18. The van der Waals surface area contributed by atoms with E-state index in [4.69, 9.17) is 4.91 Å². The second-order valence-corrected chi connectivity index (χ2v) is 3.42. The summed E-state index contributed by atoms with van der Waals surface area (Å²) in [5.74, 6) is 0. The smallest absolute Gasteiger partial charge is 0.0360 e. The van der Waals surface area contributed by atoms with Crippen molar-refractivity contribution in [2.75, 3.05) is 13.6 Å². The molecule has 14 heavy (non-hydrogen) atoms. The van der Waals surface area contributed by atoms with Gasteiger partial charge in [-0.2, -0.15) is 4.91 Å². The van der Waals surface area contributed by atoms with Crippen LogP contribution in [-0.4, -0.2) is 23.5 Å². The lowest BCUT2D eigenvalue weighted by atomic mass is 10.1. The Kier molecular flexibility index (Phi) is 4.19. The van der Waals surface area contributed by atoms with Crippen molar-refractivity contribution in [2.45, 2.75) is 18.9 Å². The van der Waals surface area contributed by atoms with Gasteiger partial charge in [0.15, 0.2) is 0 Å². The van der Waals surface area contributed by atoms with E-state index in [9.17, 15) is 0 Å². The molecule has 1 N–H and O–H groups in total. The highest BCUT2D eigenvalue weighted by atomic mass is 16.2. The molecule has 1 aromatic heterocycles. The molecular weight excluding hydrogens is 178 g/mol. The summed E-state index contributed by atoms with van der Waals surface area (Å²) in [6.07, 6.45) is 6.41. The summed E-state index contributed by atoms with van der Waals surface area (Å²) < 4.78 is 0. The molecule has 0 radical (unpaired) electrons. The zero-order valence-corrected chi connectivity index (χ0v) is 8.31. The van der Waals surface area contributed by atoms with Gasteiger partial charge in [0.2, 0.25) is 0 Å². The lowest BCUT2D eigenvalue weighted by molar-refractivity contribution is 0.317. The Labute approximate surface area is 83.7 Å². The third-order valence-corrected chi connectivity index (χ3v) is 2.59. The molecule has 0 aromatic carbocycles. The Morgan fingerprint density at radius 3 is 2.86 bits per heavy atom. The van der Waals surface area contributed by atoms with Crippen molar-refractivity contribution >= 4 is 0 Å². The lowest BCUT2D eigenvalue weighted by Crippen LogP contribution is -2.17. The number of nitroso groups, excluding NO2 is 1. The summed E-state index contributed by atoms with van der Waals surface area (Å²) in [5.41, 5.74) is 5.86. The van der Waals surface area contributed by atoms with Crippen molar-refractivity contribution in [3.63, 3.8) is 0 Å². The van der Waals surface area contributed by atoms with E-state index >= 15 is 0 Å². The molecule has 0 spiro atoms. The fourth-order valence-corrected chi connectivity index (χ4v) is 1.90. The van der Waals surface area contributed by atoms with Crippen LogP contribution in [0.3, 0.4) is 0 Å². The SMILES string of the molecule is CN1CCCC1c1cccnc1.N=O. The molecule has 4 heteroatoms. The van der Waals surface area contributed by atoms with Crippen molar-refractivity contribution in [3.05, 3.63) is 35.0 Å². The number of hydrogen-bond acceptors (Lipinski definition) is 4. The van der Waals surface area contributed by atoms with Crippen LogP contribution in [0, 0.1) is 10.5 Å². The predicted octanol–water partition coefficient (Wildman–Crippen LogP) is 2.18. The summed E-state index contributed by atoms with van der Waals surface area (Å²) in [4.78, 5) is 14.0. The van der Waals surface area contributed by atoms with Crippen LogP contribution in [-0.2, 0) is 0 Å². The summed E-state index contributed by atoms with van der Waals surface area (Å²) in [6, 6.07) is 4.79. The van der Waals surface area contributed by atoms with Gasteiger partial charge in [-0.15, -0.1) is 0 Å². The minimum atomic E-state index is 0.610. The zero-order chi connectivity index (χ0) is 10.4. The van der Waals surface area contributed by atoms with Gasteiger partial charge in [0, 0.05) is 18.4 Å². The molecule has 2 rings (SSSR count). The van der Waals surface area contributed by atoms with E-state index in [1.54, 1.807) is 0 Å². The fourth-order valence-electron chi connectivity index (χ4n) is 1.90. The minimum Gasteiger partial charge on any atom is -0.299 e. The van der Waals surface area contributed by atoms with Crippen LogP contribution >= 0.6 is 0 Å². The van der Waals surface area contributed by atoms with Crippen LogP contribution in [0.15, 0.2) is 24.5 Å². The minimum absolute atomic E-state index is 0.610. The molecule has 0 amide bonds. The highest BCUT2D eigenvalue weighted by Gasteiger charge is 2.21. The Balaban J connectivity index is 0.000000461. The van der Waals surface area contributed by atoms with E-state index in [2.05, 4.69) is 28.6 Å². The first kappa shape index (κ1) is 10.8. The Morgan fingerprint density at radius 2 is 2.36 bits per heavy atom. The molecule has 1 aliphatic heterocycles. The molecule has 2 heterocycles. The highest BCUT2D eigenvalue weighted by Crippen LogP contribution is 2.29. The number of rotatable bonds is 1. The van der Waals surface area contributed by atoms with Crippen LogP contribution in [0.1, 0.15) is 24.4 Å². The van der Waals surface area contributed by atoms with Gasteiger partial charge >= 0.3 is 0 Å². The maximum absolute atomic E-state index is 7.50. The van der Waals surface area contributed by atoms with Crippen molar-refractivity contribution in [3.8, 4) is 0 Å². The van der Waals surface area contributed by atoms with Gasteiger partial charge in [0.25, 0.3) is 0 Å². The number of aromatic nitrogens is 1. The maximum atomic E-state index is 7.50. The molecule has 1 fully saturated rings. The van der Waals surface area contributed by atoms with Gasteiger partial charge in [-0.1, -0.05) is 11.7 Å². The number of likely N-dealkylation sites (tertiary alicyclic amines) is 1. The zero-order valence-electron chi connectivity index (χ0n) is 8.31. The molecule has 1 atom stereocenters. The number of hydrogen-bond donors (Lipinski definition) is 1. The van der Waals surface area contributed by atoms with Gasteiger partial charge < -0.3 is 0 Å². The van der Waals surface area contributed by atoms with Crippen molar-refractivity contribution < 1.29 is 0 Å². The van der Waals surface area contributed by atoms with Crippen LogP contribution < -0.4 is 0 Å². The maximum Gasteiger partial charge on any atom is 0.0360 e. The Hall–Kier alpha value is -1.29. The molecule has 0 bridgehead atoms. The Morgan fingerprint density at radius 1 is 1.57 bits per heavy atom. The quantitative estimate of drug-likeness (QED) is 0.695. The molecule has 1 aromatic rings. The standard InChI is InChI=1S/C10H14N2.HNO/c1-12-7-3-5-10(12)9-4-2-6-11-8-9;1-2/h2,4,6,8,10H,3,5,7H2,1H3;1H. The van der Waals surface area contributed by atoms with Gasteiger partial charge in [-0.05, 0) is 38.1 Å². The molecule has 0 aliphatic carbocycles. The average molecular weight is 193 g/mol. The number of nitrogens with one attached hydrogen (secondary N) is 1. The topological polar surface area (TPSA) is 57.1 Å². The van der Waals surface area contributed by atoms with Crippen molar-refractivity contribution in [2.24, 2.45) is 0 Å². The van der Waals surface area contributed by atoms with E-state index in [1.165, 1.54) is 24.9 Å². The summed E-state index contributed by atoms with van der Waals surface area (Å²) in [7, 11) is 2.19. The summed E-state index contributed by atoms with van der Waals surface area (Å²) in [6.45, 7) is 1.22. The normalized spacial score (nSPS) is 21.4. The second kappa shape index (κ2) is 5.44. The first-order valence-electron chi connectivity index (χ1n) is 4.68. The molecule has 0 saturated carbocycles. The molecule has 1 unspecified atom stereocenters. The molecule has 1 aliphatic rings. The van der Waals surface area contributed by atoms with E-state index in [0.717, 1.165) is 0 Å². The predicted molar refractivity (Wildman–Crippen MR) is 54.9 cm³/mol. The van der Waals surface area contributed by atoms with E-state index in [-0.39, 0.29) is 0 Å². The second-order valence-electron chi connectivity index (χ2n) is 3.42. The fraction of sp³-hybridized carbons (Fsp3) is 0.500. The van der Waals surface area contributed by atoms with E-state index < -0.39 is 0 Å². The van der Waals surface area contributed by atoms with Crippen molar-refractivity contribution in [1.29, 1.82) is 5.59 Å². The highest BCUT2D eigenvalue weighted by molar-refractivity contribution is 5.14. The number of nitrogens with zero attached hydrogens (tertiary/aromatic N) is 2. The van der Waals surface area contributed by atoms with Crippen LogP contribution in [0.4, 0.5) is 0 Å². The van der Waals surface area contributed by atoms with Gasteiger partial charge in [0.05, 0.1) is 0 Å². The molecule has 4 nitrogen and oxygen atoms in total. The van der Waals surface area contributed by atoms with Crippen LogP contribution in [0.25, 0.3) is 0 Å². The summed E-state index contributed by atoms with van der Waals surface area (Å²) in [5, 5.41) is 0. The number of pyridine rings is 1. The largest absolute Gasteiger partial charge is 0.299 e. The third kappa shape index (κ3) is 2.35. The van der Waals surface area contributed by atoms with Crippen molar-refractivity contribution in [1.82, 2.24) is 9.88 Å². The first-order valence-corrected chi connectivity index (χ1v) is 4.68. The van der Waals surface area contributed by atoms with Gasteiger partial charge in [-0.3, -0.25) is 9.88 Å². The van der Waals surface area contributed by atoms with E-state index in [0.29, 0.717) is 6.04 Å². The van der Waals surface area contributed by atoms with Gasteiger partial charge in [0.1, 0.15) is 0 Å².